The summed E-state index contributed by atoms with van der Waals surface area (Å²) < 4.78 is 11.7. The third-order valence-corrected chi connectivity index (χ3v) is 5.74. The molecule has 1 aromatic carbocycles. The molecule has 2 fully saturated rings. The highest BCUT2D eigenvalue weighted by atomic mass is 127. The number of benzene rings is 1. The lowest BCUT2D eigenvalue weighted by atomic mass is 9.79. The Bertz CT molecular complexity index is 757. The van der Waals surface area contributed by atoms with Crippen LogP contribution >= 0.6 is 24.0 Å². The van der Waals surface area contributed by atoms with Crippen molar-refractivity contribution in [3.63, 3.8) is 0 Å². The minimum Gasteiger partial charge on any atom is -0.490 e. The number of nitrogens with zero attached hydrogens (tertiary/aromatic N) is 2. The van der Waals surface area contributed by atoms with E-state index in [0.29, 0.717) is 26.2 Å². The summed E-state index contributed by atoms with van der Waals surface area (Å²) in [6.07, 6.45) is 3.69. The van der Waals surface area contributed by atoms with E-state index in [-0.39, 0.29) is 35.3 Å². The van der Waals surface area contributed by atoms with E-state index < -0.39 is 0 Å². The normalized spacial score (nSPS) is 24.0. The number of nitrogens with one attached hydrogen (secondary N) is 2. The van der Waals surface area contributed by atoms with E-state index in [0.717, 1.165) is 68.5 Å². The number of guanidine groups is 1. The number of piperidine rings is 1. The Morgan fingerprint density at radius 3 is 2.97 bits per heavy atom. The van der Waals surface area contributed by atoms with Gasteiger partial charge in [-0.1, -0.05) is 12.1 Å². The number of ether oxygens (including phenoxy) is 2. The van der Waals surface area contributed by atoms with E-state index in [4.69, 9.17) is 14.5 Å². The van der Waals surface area contributed by atoms with Crippen LogP contribution in [0.1, 0.15) is 38.2 Å². The van der Waals surface area contributed by atoms with Crippen LogP contribution in [0.4, 0.5) is 0 Å². The molecule has 4 rings (SSSR count). The van der Waals surface area contributed by atoms with Crippen LogP contribution in [0.15, 0.2) is 23.2 Å². The summed E-state index contributed by atoms with van der Waals surface area (Å²) in [7, 11) is 0. The summed E-state index contributed by atoms with van der Waals surface area (Å²) in [6.45, 7) is 7.40. The predicted molar refractivity (Wildman–Crippen MR) is 123 cm³/mol. The highest BCUT2D eigenvalue weighted by molar-refractivity contribution is 14.0. The lowest BCUT2D eigenvalue weighted by Gasteiger charge is -2.40. The fourth-order valence-corrected chi connectivity index (χ4v) is 4.39. The first-order chi connectivity index (χ1) is 13.7. The van der Waals surface area contributed by atoms with Crippen molar-refractivity contribution in [2.45, 2.75) is 39.2 Å². The van der Waals surface area contributed by atoms with Gasteiger partial charge in [0.1, 0.15) is 0 Å². The molecule has 2 N–H and O–H groups in total. The van der Waals surface area contributed by atoms with E-state index in [9.17, 15) is 4.79 Å². The number of likely N-dealkylation sites (tertiary alicyclic amines) is 1. The number of aliphatic imine (C=N–C) groups is 1. The summed E-state index contributed by atoms with van der Waals surface area (Å²) in [5.41, 5.74) is 1.09. The van der Waals surface area contributed by atoms with Crippen molar-refractivity contribution in [1.29, 1.82) is 0 Å². The molecule has 0 aromatic heterocycles. The second-order valence-electron chi connectivity index (χ2n) is 7.94. The van der Waals surface area contributed by atoms with Gasteiger partial charge in [-0.05, 0) is 25.8 Å². The summed E-state index contributed by atoms with van der Waals surface area (Å²) >= 11 is 0. The van der Waals surface area contributed by atoms with Crippen LogP contribution in [0.5, 0.6) is 11.5 Å². The van der Waals surface area contributed by atoms with Gasteiger partial charge in [0.15, 0.2) is 17.5 Å². The van der Waals surface area contributed by atoms with Gasteiger partial charge in [0.25, 0.3) is 0 Å². The van der Waals surface area contributed by atoms with E-state index in [1.807, 2.05) is 12.1 Å². The third kappa shape index (κ3) is 5.07. The first kappa shape index (κ1) is 22.0. The highest BCUT2D eigenvalue weighted by Crippen LogP contribution is 2.36. The summed E-state index contributed by atoms with van der Waals surface area (Å²) in [5, 5.41) is 6.44. The Kier molecular flexibility index (Phi) is 7.48. The number of rotatable bonds is 3. The molecule has 0 saturated carbocycles. The third-order valence-electron chi connectivity index (χ3n) is 5.74. The van der Waals surface area contributed by atoms with Gasteiger partial charge in [0.2, 0.25) is 5.91 Å². The summed E-state index contributed by atoms with van der Waals surface area (Å²) in [5.74, 6) is 2.71. The first-order valence-electron chi connectivity index (χ1n) is 10.4. The summed E-state index contributed by atoms with van der Waals surface area (Å²) in [6, 6.07) is 6.01. The van der Waals surface area contributed by atoms with Gasteiger partial charge in [-0.25, -0.2) is 4.99 Å². The average Bonchev–Trinajstić information content (AvgIpc) is 2.91. The molecule has 0 radical (unpaired) electrons. The average molecular weight is 514 g/mol. The van der Waals surface area contributed by atoms with Crippen molar-refractivity contribution in [2.24, 2.45) is 10.4 Å². The topological polar surface area (TPSA) is 75.2 Å². The molecule has 1 amide bonds. The van der Waals surface area contributed by atoms with E-state index in [1.54, 1.807) is 0 Å². The quantitative estimate of drug-likeness (QED) is 0.369. The SMILES string of the molecule is CCNC(=NCc1cccc2c1OCCCO2)N1CCCC2(CNC(=O)C2)C1.I. The zero-order valence-electron chi connectivity index (χ0n) is 17.0. The largest absolute Gasteiger partial charge is 0.490 e. The molecule has 1 spiro atoms. The van der Waals surface area contributed by atoms with Gasteiger partial charge in [-0.15, -0.1) is 24.0 Å². The second-order valence-corrected chi connectivity index (χ2v) is 7.94. The van der Waals surface area contributed by atoms with Crippen molar-refractivity contribution in [1.82, 2.24) is 15.5 Å². The van der Waals surface area contributed by atoms with Gasteiger partial charge in [0.05, 0.1) is 19.8 Å². The van der Waals surface area contributed by atoms with Crippen LogP contribution in [0.25, 0.3) is 0 Å². The molecule has 29 heavy (non-hydrogen) atoms. The minimum atomic E-state index is 0. The lowest BCUT2D eigenvalue weighted by molar-refractivity contribution is -0.119. The Labute approximate surface area is 189 Å². The standard InChI is InChI=1S/C21H30N4O3.HI/c1-2-22-20(25-9-4-8-21(15-25)12-18(26)24-14-21)23-13-16-6-3-7-17-19(16)28-11-5-10-27-17;/h3,6-7H,2,4-5,8-15H2,1H3,(H,22,23)(H,24,26);1H. The molecule has 0 bridgehead atoms. The lowest BCUT2D eigenvalue weighted by Crippen LogP contribution is -2.51. The van der Waals surface area contributed by atoms with Crippen molar-refractivity contribution in [3.05, 3.63) is 23.8 Å². The molecule has 1 unspecified atom stereocenters. The van der Waals surface area contributed by atoms with Crippen LogP contribution < -0.4 is 20.1 Å². The Morgan fingerprint density at radius 1 is 1.31 bits per heavy atom. The molecule has 160 valence electrons. The van der Waals surface area contributed by atoms with Crippen molar-refractivity contribution in [2.75, 3.05) is 39.4 Å². The molecule has 0 aliphatic carbocycles. The number of hydrogen-bond donors (Lipinski definition) is 2. The highest BCUT2D eigenvalue weighted by Gasteiger charge is 2.42. The van der Waals surface area contributed by atoms with Crippen LogP contribution in [-0.4, -0.2) is 56.2 Å². The van der Waals surface area contributed by atoms with E-state index in [2.05, 4.69) is 28.5 Å². The van der Waals surface area contributed by atoms with Crippen LogP contribution in [0.2, 0.25) is 0 Å². The van der Waals surface area contributed by atoms with Gasteiger partial charge in [-0.3, -0.25) is 4.79 Å². The van der Waals surface area contributed by atoms with Crippen molar-refractivity contribution in [3.8, 4) is 11.5 Å². The van der Waals surface area contributed by atoms with E-state index in [1.165, 1.54) is 0 Å². The zero-order chi connectivity index (χ0) is 19.4. The van der Waals surface area contributed by atoms with E-state index >= 15 is 0 Å². The summed E-state index contributed by atoms with van der Waals surface area (Å²) in [4.78, 5) is 19.0. The van der Waals surface area contributed by atoms with Crippen molar-refractivity contribution < 1.29 is 14.3 Å². The number of carbonyl (C=O) groups is 1. The Hall–Kier alpha value is -1.71. The molecule has 8 heteroatoms. The smallest absolute Gasteiger partial charge is 0.220 e. The number of hydrogen-bond acceptors (Lipinski definition) is 4. The molecule has 3 aliphatic rings. The van der Waals surface area contributed by atoms with Crippen LogP contribution in [0, 0.1) is 5.41 Å². The molecule has 3 aliphatic heterocycles. The Balaban J connectivity index is 0.00000240. The maximum Gasteiger partial charge on any atom is 0.220 e. The molecule has 2 saturated heterocycles. The van der Waals surface area contributed by atoms with Crippen LogP contribution in [0.3, 0.4) is 0 Å². The fraction of sp³-hybridized carbons (Fsp3) is 0.619. The number of fused-ring (bicyclic) bond motifs is 1. The molecule has 7 nitrogen and oxygen atoms in total. The molecular weight excluding hydrogens is 483 g/mol. The number of halogens is 1. The number of para-hydroxylation sites is 1. The zero-order valence-corrected chi connectivity index (χ0v) is 19.4. The Morgan fingerprint density at radius 2 is 2.17 bits per heavy atom. The maximum atomic E-state index is 11.8. The van der Waals surface area contributed by atoms with Gasteiger partial charge < -0.3 is 25.0 Å². The fourth-order valence-electron chi connectivity index (χ4n) is 4.39. The minimum absolute atomic E-state index is 0. The second kappa shape index (κ2) is 9.86. The van der Waals surface area contributed by atoms with Gasteiger partial charge >= 0.3 is 0 Å². The predicted octanol–water partition coefficient (Wildman–Crippen LogP) is 2.53. The molecule has 1 atom stereocenters. The number of carbonyl (C=O) groups excluding carboxylic acids is 1. The first-order valence-corrected chi connectivity index (χ1v) is 10.4. The number of amides is 1. The molecule has 1 aromatic rings. The molecule has 3 heterocycles. The van der Waals surface area contributed by atoms with Gasteiger partial charge in [0, 0.05) is 50.0 Å². The van der Waals surface area contributed by atoms with Crippen molar-refractivity contribution >= 4 is 35.8 Å². The van der Waals surface area contributed by atoms with Gasteiger partial charge in [-0.2, -0.15) is 0 Å². The van der Waals surface area contributed by atoms with Crippen LogP contribution in [-0.2, 0) is 11.3 Å². The maximum absolute atomic E-state index is 11.8. The molecular formula is C21H31IN4O3. The monoisotopic (exact) mass is 514 g/mol.